The standard InChI is InChI=1S/C25H29Cl2N3O3/c1-19(31)29(11-5-7-20-6-3-4-8-24(20)33-2)15-12-28-13-16-30(17-14-28)25(32)22-10-9-21(26)18-23(22)27/h3-10,18H,11-17H2,1-2H3/b7-5+. The Hall–Kier alpha value is -2.54. The number of piperazine rings is 1. The minimum absolute atomic E-state index is 0.0332. The number of rotatable bonds is 8. The molecule has 0 bridgehead atoms. The summed E-state index contributed by atoms with van der Waals surface area (Å²) < 4.78 is 5.36. The van der Waals surface area contributed by atoms with Gasteiger partial charge >= 0.3 is 0 Å². The van der Waals surface area contributed by atoms with Gasteiger partial charge in [0.25, 0.3) is 5.91 Å². The predicted molar refractivity (Wildman–Crippen MR) is 133 cm³/mol. The molecule has 3 rings (SSSR count). The first kappa shape index (κ1) is 25.1. The third-order valence-electron chi connectivity index (χ3n) is 5.71. The summed E-state index contributed by atoms with van der Waals surface area (Å²) in [5.41, 5.74) is 1.45. The Kier molecular flexibility index (Phi) is 9.18. The highest BCUT2D eigenvalue weighted by Gasteiger charge is 2.24. The van der Waals surface area contributed by atoms with Crippen molar-refractivity contribution in [3.8, 4) is 5.75 Å². The predicted octanol–water partition coefficient (Wildman–Crippen LogP) is 4.32. The number of nitrogens with zero attached hydrogens (tertiary/aromatic N) is 3. The van der Waals surface area contributed by atoms with Gasteiger partial charge in [-0.25, -0.2) is 0 Å². The van der Waals surface area contributed by atoms with Gasteiger partial charge in [0.1, 0.15) is 5.75 Å². The molecule has 1 aliphatic rings. The third-order valence-corrected chi connectivity index (χ3v) is 6.26. The lowest BCUT2D eigenvalue weighted by molar-refractivity contribution is -0.128. The summed E-state index contributed by atoms with van der Waals surface area (Å²) in [4.78, 5) is 30.8. The van der Waals surface area contributed by atoms with Gasteiger partial charge in [-0.15, -0.1) is 0 Å². The van der Waals surface area contributed by atoms with Gasteiger partial charge in [0.2, 0.25) is 5.91 Å². The Labute approximate surface area is 205 Å². The highest BCUT2D eigenvalue weighted by atomic mass is 35.5. The van der Waals surface area contributed by atoms with Crippen molar-refractivity contribution in [3.63, 3.8) is 0 Å². The van der Waals surface area contributed by atoms with Crippen LogP contribution in [0.3, 0.4) is 0 Å². The Balaban J connectivity index is 1.48. The molecular formula is C25H29Cl2N3O3. The van der Waals surface area contributed by atoms with Gasteiger partial charge in [-0.05, 0) is 24.3 Å². The zero-order valence-electron chi connectivity index (χ0n) is 19.0. The summed E-state index contributed by atoms with van der Waals surface area (Å²) in [6, 6.07) is 12.7. The molecule has 1 heterocycles. The van der Waals surface area contributed by atoms with Crippen LogP contribution >= 0.6 is 23.2 Å². The molecule has 0 N–H and O–H groups in total. The minimum atomic E-state index is -0.0804. The average molecular weight is 490 g/mol. The minimum Gasteiger partial charge on any atom is -0.496 e. The molecule has 1 aliphatic heterocycles. The fraction of sp³-hybridized carbons (Fsp3) is 0.360. The van der Waals surface area contributed by atoms with Crippen LogP contribution in [0.5, 0.6) is 5.75 Å². The number of benzene rings is 2. The first-order valence-electron chi connectivity index (χ1n) is 10.9. The maximum atomic E-state index is 12.8. The van der Waals surface area contributed by atoms with Crippen molar-refractivity contribution in [2.75, 3.05) is 52.9 Å². The number of carbonyl (C=O) groups excluding carboxylic acids is 2. The van der Waals surface area contributed by atoms with E-state index >= 15 is 0 Å². The lowest BCUT2D eigenvalue weighted by atomic mass is 10.1. The zero-order chi connectivity index (χ0) is 23.8. The molecule has 33 heavy (non-hydrogen) atoms. The lowest BCUT2D eigenvalue weighted by Gasteiger charge is -2.35. The highest BCUT2D eigenvalue weighted by molar-refractivity contribution is 6.36. The lowest BCUT2D eigenvalue weighted by Crippen LogP contribution is -2.50. The second-order valence-corrected chi connectivity index (χ2v) is 8.71. The summed E-state index contributed by atoms with van der Waals surface area (Å²) >= 11 is 12.1. The van der Waals surface area contributed by atoms with E-state index in [9.17, 15) is 9.59 Å². The van der Waals surface area contributed by atoms with Crippen molar-refractivity contribution >= 4 is 41.1 Å². The number of amides is 2. The summed E-state index contributed by atoms with van der Waals surface area (Å²) in [5, 5.41) is 0.877. The molecule has 1 fully saturated rings. The van der Waals surface area contributed by atoms with Crippen molar-refractivity contribution in [2.45, 2.75) is 6.92 Å². The van der Waals surface area contributed by atoms with Gasteiger partial charge in [0.05, 0.1) is 17.7 Å². The monoisotopic (exact) mass is 489 g/mol. The van der Waals surface area contributed by atoms with Crippen molar-refractivity contribution in [1.29, 1.82) is 0 Å². The van der Waals surface area contributed by atoms with E-state index in [0.717, 1.165) is 30.9 Å². The van der Waals surface area contributed by atoms with Gasteiger partial charge in [0, 0.05) is 63.3 Å². The van der Waals surface area contributed by atoms with E-state index in [1.165, 1.54) is 0 Å². The molecule has 0 radical (unpaired) electrons. The van der Waals surface area contributed by atoms with Crippen molar-refractivity contribution in [3.05, 3.63) is 69.7 Å². The number of ether oxygens (including phenoxy) is 1. The zero-order valence-corrected chi connectivity index (χ0v) is 20.5. The summed E-state index contributed by atoms with van der Waals surface area (Å²) in [6.07, 6.45) is 3.95. The van der Waals surface area contributed by atoms with Crippen LogP contribution in [-0.4, -0.2) is 79.4 Å². The molecular weight excluding hydrogens is 461 g/mol. The van der Waals surface area contributed by atoms with Crippen LogP contribution in [0.15, 0.2) is 48.5 Å². The second kappa shape index (κ2) is 12.1. The molecule has 0 aromatic heterocycles. The number of halogens is 2. The quantitative estimate of drug-likeness (QED) is 0.553. The fourth-order valence-corrected chi connectivity index (χ4v) is 4.25. The van der Waals surface area contributed by atoms with Crippen LogP contribution in [0, 0.1) is 0 Å². The maximum Gasteiger partial charge on any atom is 0.255 e. The molecule has 0 spiro atoms. The Morgan fingerprint density at radius 3 is 2.48 bits per heavy atom. The first-order valence-corrected chi connectivity index (χ1v) is 11.7. The number of methoxy groups -OCH3 is 1. The summed E-state index contributed by atoms with van der Waals surface area (Å²) in [6.45, 7) is 6.23. The maximum absolute atomic E-state index is 12.8. The van der Waals surface area contributed by atoms with E-state index in [4.69, 9.17) is 27.9 Å². The van der Waals surface area contributed by atoms with Gasteiger partial charge in [-0.3, -0.25) is 14.5 Å². The van der Waals surface area contributed by atoms with E-state index in [2.05, 4.69) is 4.90 Å². The number of hydrogen-bond acceptors (Lipinski definition) is 4. The normalized spacial score (nSPS) is 14.5. The van der Waals surface area contributed by atoms with E-state index in [-0.39, 0.29) is 11.8 Å². The topological polar surface area (TPSA) is 53.1 Å². The van der Waals surface area contributed by atoms with Crippen LogP contribution in [0.4, 0.5) is 0 Å². The molecule has 0 unspecified atom stereocenters. The number of hydrogen-bond donors (Lipinski definition) is 0. The SMILES string of the molecule is COc1ccccc1/C=C/CN(CCN1CCN(C(=O)c2ccc(Cl)cc2Cl)CC1)C(C)=O. The van der Waals surface area contributed by atoms with E-state index in [1.54, 1.807) is 32.2 Å². The molecule has 0 atom stereocenters. The van der Waals surface area contributed by atoms with E-state index in [0.29, 0.717) is 41.8 Å². The average Bonchev–Trinajstić information content (AvgIpc) is 2.81. The van der Waals surface area contributed by atoms with E-state index in [1.807, 2.05) is 46.2 Å². The van der Waals surface area contributed by atoms with Crippen molar-refractivity contribution < 1.29 is 14.3 Å². The second-order valence-electron chi connectivity index (χ2n) is 7.87. The molecule has 6 nitrogen and oxygen atoms in total. The number of para-hydroxylation sites is 1. The molecule has 8 heteroatoms. The number of carbonyl (C=O) groups is 2. The molecule has 176 valence electrons. The van der Waals surface area contributed by atoms with Crippen molar-refractivity contribution in [2.24, 2.45) is 0 Å². The molecule has 2 aromatic carbocycles. The van der Waals surface area contributed by atoms with Gasteiger partial charge in [-0.1, -0.05) is 53.6 Å². The van der Waals surface area contributed by atoms with Crippen LogP contribution in [0.1, 0.15) is 22.8 Å². The smallest absolute Gasteiger partial charge is 0.255 e. The molecule has 0 aliphatic carbocycles. The van der Waals surface area contributed by atoms with Crippen LogP contribution in [0.2, 0.25) is 10.0 Å². The first-order chi connectivity index (χ1) is 15.9. The van der Waals surface area contributed by atoms with Gasteiger partial charge in [0.15, 0.2) is 0 Å². The summed E-state index contributed by atoms with van der Waals surface area (Å²) in [5.74, 6) is 0.754. The Morgan fingerprint density at radius 2 is 1.82 bits per heavy atom. The van der Waals surface area contributed by atoms with Gasteiger partial charge < -0.3 is 14.5 Å². The largest absolute Gasteiger partial charge is 0.496 e. The fourth-order valence-electron chi connectivity index (χ4n) is 3.76. The Morgan fingerprint density at radius 1 is 1.09 bits per heavy atom. The molecule has 0 saturated carbocycles. The van der Waals surface area contributed by atoms with E-state index < -0.39 is 0 Å². The molecule has 2 aromatic rings. The molecule has 2 amide bonds. The highest BCUT2D eigenvalue weighted by Crippen LogP contribution is 2.23. The third kappa shape index (κ3) is 6.97. The molecule has 1 saturated heterocycles. The van der Waals surface area contributed by atoms with Crippen molar-refractivity contribution in [1.82, 2.24) is 14.7 Å². The Bertz CT molecular complexity index is 1000. The van der Waals surface area contributed by atoms with Gasteiger partial charge in [-0.2, -0.15) is 0 Å². The van der Waals surface area contributed by atoms with Crippen LogP contribution < -0.4 is 4.74 Å². The summed E-state index contributed by atoms with van der Waals surface area (Å²) in [7, 11) is 1.64. The van der Waals surface area contributed by atoms with Crippen LogP contribution in [-0.2, 0) is 4.79 Å². The van der Waals surface area contributed by atoms with Crippen LogP contribution in [0.25, 0.3) is 6.08 Å².